The number of pyridine rings is 1. The van der Waals surface area contributed by atoms with Crippen LogP contribution in [0.3, 0.4) is 0 Å². The van der Waals surface area contributed by atoms with Crippen molar-refractivity contribution in [2.24, 2.45) is 0 Å². The Labute approximate surface area is 115 Å². The fraction of sp³-hybridized carbons (Fsp3) is 0.308. The van der Waals surface area contributed by atoms with Crippen molar-refractivity contribution in [3.05, 3.63) is 35.4 Å². The molecule has 104 valence electrons. The molecular formula is C13H14N4O3. The predicted octanol–water partition coefficient (Wildman–Crippen LogP) is 1.88. The summed E-state index contributed by atoms with van der Waals surface area (Å²) in [6.07, 6.45) is 4.11. The SMILES string of the molecule is CCc1nnc(Oc2cncc(C(=O)O)c2)nc1CC. The molecule has 0 atom stereocenters. The molecule has 2 rings (SSSR count). The van der Waals surface area contributed by atoms with Gasteiger partial charge in [0.25, 0.3) is 0 Å². The Balaban J connectivity index is 2.25. The lowest BCUT2D eigenvalue weighted by Gasteiger charge is -2.06. The van der Waals surface area contributed by atoms with Crippen LogP contribution in [0.2, 0.25) is 0 Å². The smallest absolute Gasteiger partial charge is 0.341 e. The molecule has 0 saturated heterocycles. The Morgan fingerprint density at radius 2 is 1.95 bits per heavy atom. The van der Waals surface area contributed by atoms with Gasteiger partial charge in [-0.3, -0.25) is 4.98 Å². The number of hydrogen-bond acceptors (Lipinski definition) is 6. The number of hydrogen-bond donors (Lipinski definition) is 1. The van der Waals surface area contributed by atoms with Crippen LogP contribution in [0, 0.1) is 0 Å². The van der Waals surface area contributed by atoms with E-state index in [2.05, 4.69) is 20.2 Å². The molecule has 0 unspecified atom stereocenters. The highest BCUT2D eigenvalue weighted by molar-refractivity contribution is 5.87. The van der Waals surface area contributed by atoms with Crippen LogP contribution < -0.4 is 4.74 Å². The zero-order valence-corrected chi connectivity index (χ0v) is 11.2. The Morgan fingerprint density at radius 3 is 2.60 bits per heavy atom. The zero-order valence-electron chi connectivity index (χ0n) is 11.2. The summed E-state index contributed by atoms with van der Waals surface area (Å²) < 4.78 is 5.40. The average Bonchev–Trinajstić information content (AvgIpc) is 2.47. The van der Waals surface area contributed by atoms with Gasteiger partial charge in [0, 0.05) is 6.20 Å². The number of nitrogens with zero attached hydrogens (tertiary/aromatic N) is 4. The van der Waals surface area contributed by atoms with Gasteiger partial charge in [0.05, 0.1) is 23.1 Å². The molecule has 2 aromatic rings. The van der Waals surface area contributed by atoms with Crippen LogP contribution in [-0.4, -0.2) is 31.2 Å². The molecule has 0 spiro atoms. The number of ether oxygens (including phenoxy) is 1. The standard InChI is InChI=1S/C13H14N4O3/c1-3-10-11(4-2)16-17-13(15-10)20-9-5-8(12(18)19)6-14-7-9/h5-7H,3-4H2,1-2H3,(H,18,19). The molecule has 0 saturated carbocycles. The first kappa shape index (κ1) is 13.9. The first-order valence-electron chi connectivity index (χ1n) is 6.22. The van der Waals surface area contributed by atoms with E-state index in [0.29, 0.717) is 0 Å². The fourth-order valence-corrected chi connectivity index (χ4v) is 1.66. The van der Waals surface area contributed by atoms with Crippen molar-refractivity contribution < 1.29 is 14.6 Å². The van der Waals surface area contributed by atoms with Crippen molar-refractivity contribution >= 4 is 5.97 Å². The van der Waals surface area contributed by atoms with Crippen molar-refractivity contribution in [1.29, 1.82) is 0 Å². The van der Waals surface area contributed by atoms with Gasteiger partial charge in [0.1, 0.15) is 5.75 Å². The summed E-state index contributed by atoms with van der Waals surface area (Å²) in [5.74, 6) is -0.810. The van der Waals surface area contributed by atoms with Crippen LogP contribution in [0.5, 0.6) is 11.8 Å². The van der Waals surface area contributed by atoms with E-state index in [0.717, 1.165) is 24.2 Å². The minimum absolute atomic E-state index is 0.0383. The number of aromatic carboxylic acids is 1. The molecule has 1 N–H and O–H groups in total. The number of aryl methyl sites for hydroxylation is 2. The minimum atomic E-state index is -1.07. The van der Waals surface area contributed by atoms with E-state index in [1.807, 2.05) is 13.8 Å². The maximum absolute atomic E-state index is 10.9. The molecule has 0 fully saturated rings. The maximum atomic E-state index is 10.9. The van der Waals surface area contributed by atoms with Crippen molar-refractivity contribution in [1.82, 2.24) is 20.2 Å². The third-order valence-electron chi connectivity index (χ3n) is 2.66. The summed E-state index contributed by atoms with van der Waals surface area (Å²) in [6, 6.07) is 1.45. The van der Waals surface area contributed by atoms with Crippen LogP contribution in [0.1, 0.15) is 35.6 Å². The third kappa shape index (κ3) is 3.05. The largest absolute Gasteiger partial charge is 0.478 e. The normalized spacial score (nSPS) is 10.3. The van der Waals surface area contributed by atoms with Gasteiger partial charge in [-0.2, -0.15) is 4.98 Å². The van der Waals surface area contributed by atoms with Gasteiger partial charge in [-0.25, -0.2) is 4.79 Å². The van der Waals surface area contributed by atoms with Crippen molar-refractivity contribution in [2.45, 2.75) is 26.7 Å². The fourth-order valence-electron chi connectivity index (χ4n) is 1.66. The molecule has 0 aliphatic carbocycles. The molecule has 0 amide bonds. The van der Waals surface area contributed by atoms with Gasteiger partial charge in [-0.05, 0) is 18.9 Å². The monoisotopic (exact) mass is 274 g/mol. The average molecular weight is 274 g/mol. The molecule has 7 nitrogen and oxygen atoms in total. The molecule has 2 heterocycles. The van der Waals surface area contributed by atoms with Gasteiger partial charge < -0.3 is 9.84 Å². The quantitative estimate of drug-likeness (QED) is 0.888. The van der Waals surface area contributed by atoms with Crippen molar-refractivity contribution in [3.8, 4) is 11.8 Å². The molecule has 0 aliphatic heterocycles. The zero-order chi connectivity index (χ0) is 14.5. The van der Waals surface area contributed by atoms with Crippen LogP contribution in [-0.2, 0) is 12.8 Å². The lowest BCUT2D eigenvalue weighted by Crippen LogP contribution is -2.05. The van der Waals surface area contributed by atoms with Crippen LogP contribution in [0.15, 0.2) is 18.5 Å². The molecule has 0 radical (unpaired) electrons. The topological polar surface area (TPSA) is 98.1 Å². The summed E-state index contributed by atoms with van der Waals surface area (Å²) in [6.45, 7) is 3.95. The highest BCUT2D eigenvalue weighted by Crippen LogP contribution is 2.18. The Hall–Kier alpha value is -2.57. The lowest BCUT2D eigenvalue weighted by atomic mass is 10.2. The van der Waals surface area contributed by atoms with E-state index < -0.39 is 5.97 Å². The molecular weight excluding hydrogens is 260 g/mol. The Morgan fingerprint density at radius 1 is 1.20 bits per heavy atom. The molecule has 7 heteroatoms. The van der Waals surface area contributed by atoms with Gasteiger partial charge in [-0.1, -0.05) is 18.9 Å². The number of aromatic nitrogens is 4. The molecule has 0 aliphatic rings. The summed E-state index contributed by atoms with van der Waals surface area (Å²) >= 11 is 0. The second-order valence-corrected chi connectivity index (χ2v) is 4.01. The minimum Gasteiger partial charge on any atom is -0.478 e. The predicted molar refractivity (Wildman–Crippen MR) is 69.9 cm³/mol. The number of carbonyl (C=O) groups is 1. The number of carboxylic acids is 1. The van der Waals surface area contributed by atoms with Gasteiger partial charge in [-0.15, -0.1) is 5.10 Å². The Kier molecular flexibility index (Phi) is 4.19. The highest BCUT2D eigenvalue weighted by Gasteiger charge is 2.10. The van der Waals surface area contributed by atoms with Crippen LogP contribution in [0.4, 0.5) is 0 Å². The van der Waals surface area contributed by atoms with E-state index in [4.69, 9.17) is 9.84 Å². The summed E-state index contributed by atoms with van der Waals surface area (Å²) in [7, 11) is 0. The second kappa shape index (κ2) is 6.05. The third-order valence-corrected chi connectivity index (χ3v) is 2.66. The van der Waals surface area contributed by atoms with E-state index in [9.17, 15) is 4.79 Å². The van der Waals surface area contributed by atoms with Gasteiger partial charge in [0.15, 0.2) is 0 Å². The van der Waals surface area contributed by atoms with Gasteiger partial charge >= 0.3 is 12.0 Å². The lowest BCUT2D eigenvalue weighted by molar-refractivity contribution is 0.0696. The van der Waals surface area contributed by atoms with Crippen LogP contribution in [0.25, 0.3) is 0 Å². The number of carboxylic acid groups (broad SMARTS) is 1. The molecule has 2 aromatic heterocycles. The highest BCUT2D eigenvalue weighted by atomic mass is 16.5. The summed E-state index contributed by atoms with van der Waals surface area (Å²) in [5.41, 5.74) is 1.69. The van der Waals surface area contributed by atoms with Gasteiger partial charge in [0.2, 0.25) is 0 Å². The molecule has 20 heavy (non-hydrogen) atoms. The van der Waals surface area contributed by atoms with E-state index in [1.54, 1.807) is 0 Å². The summed E-state index contributed by atoms with van der Waals surface area (Å²) in [5, 5.41) is 16.8. The maximum Gasteiger partial charge on any atom is 0.341 e. The Bertz CT molecular complexity index is 631. The first-order chi connectivity index (χ1) is 9.63. The van der Waals surface area contributed by atoms with E-state index >= 15 is 0 Å². The van der Waals surface area contributed by atoms with Crippen molar-refractivity contribution in [3.63, 3.8) is 0 Å². The second-order valence-electron chi connectivity index (χ2n) is 4.01. The number of rotatable bonds is 5. The first-order valence-corrected chi connectivity index (χ1v) is 6.22. The van der Waals surface area contributed by atoms with E-state index in [-0.39, 0.29) is 17.3 Å². The van der Waals surface area contributed by atoms with Crippen LogP contribution >= 0.6 is 0 Å². The summed E-state index contributed by atoms with van der Waals surface area (Å²) in [4.78, 5) is 18.9. The molecule has 0 aromatic carbocycles. The molecule has 0 bridgehead atoms. The van der Waals surface area contributed by atoms with Crippen molar-refractivity contribution in [2.75, 3.05) is 0 Å². The van der Waals surface area contributed by atoms with E-state index in [1.165, 1.54) is 18.5 Å².